The number of amides is 2. The van der Waals surface area contributed by atoms with Crippen LogP contribution in [0.4, 0.5) is 9.59 Å². The summed E-state index contributed by atoms with van der Waals surface area (Å²) in [6.07, 6.45) is 0.808. The molecule has 0 radical (unpaired) electrons. The zero-order valence-electron chi connectivity index (χ0n) is 25.6. The highest BCUT2D eigenvalue weighted by molar-refractivity contribution is 5.70. The number of alkyl carbamates (subject to hydrolysis) is 2. The lowest BCUT2D eigenvalue weighted by atomic mass is 9.92. The fourth-order valence-electron chi connectivity index (χ4n) is 4.55. The molecule has 218 valence electrons. The second-order valence-electron chi connectivity index (χ2n) is 11.7. The Kier molecular flexibility index (Phi) is 11.6. The fraction of sp³-hybridized carbons (Fsp3) is 0.471. The Morgan fingerprint density at radius 3 is 1.95 bits per heavy atom. The van der Waals surface area contributed by atoms with Gasteiger partial charge < -0.3 is 20.1 Å². The number of hydrogen-bond donors (Lipinski definition) is 2. The smallest absolute Gasteiger partial charge is 0.408 e. The van der Waals surface area contributed by atoms with Crippen molar-refractivity contribution in [3.63, 3.8) is 0 Å². The zero-order valence-corrected chi connectivity index (χ0v) is 25.6. The van der Waals surface area contributed by atoms with Crippen LogP contribution in [0.5, 0.6) is 0 Å². The van der Waals surface area contributed by atoms with Crippen molar-refractivity contribution >= 4 is 23.3 Å². The molecule has 40 heavy (non-hydrogen) atoms. The second kappa shape index (κ2) is 14.2. The van der Waals surface area contributed by atoms with E-state index in [-0.39, 0.29) is 18.6 Å². The molecule has 2 N–H and O–H groups in total. The van der Waals surface area contributed by atoms with Gasteiger partial charge in [0.05, 0.1) is 17.7 Å². The van der Waals surface area contributed by atoms with Crippen molar-refractivity contribution in [2.45, 2.75) is 91.8 Å². The fourth-order valence-corrected chi connectivity index (χ4v) is 4.55. The van der Waals surface area contributed by atoms with Gasteiger partial charge >= 0.3 is 12.2 Å². The van der Waals surface area contributed by atoms with Crippen molar-refractivity contribution in [3.8, 4) is 0 Å². The van der Waals surface area contributed by atoms with E-state index in [9.17, 15) is 9.59 Å². The van der Waals surface area contributed by atoms with E-state index < -0.39 is 23.3 Å². The molecule has 2 rings (SSSR count). The molecule has 2 aromatic rings. The van der Waals surface area contributed by atoms with E-state index in [0.29, 0.717) is 12.8 Å². The van der Waals surface area contributed by atoms with Crippen LogP contribution >= 0.6 is 0 Å². The van der Waals surface area contributed by atoms with Crippen LogP contribution in [0.25, 0.3) is 11.1 Å². The lowest BCUT2D eigenvalue weighted by molar-refractivity contribution is 0.0212. The van der Waals surface area contributed by atoms with E-state index in [4.69, 9.17) is 9.47 Å². The average Bonchev–Trinajstić information content (AvgIpc) is 2.88. The quantitative estimate of drug-likeness (QED) is 0.263. The number of carbonyl (C=O) groups is 2. The van der Waals surface area contributed by atoms with Gasteiger partial charge in [0.25, 0.3) is 0 Å². The maximum atomic E-state index is 13.0. The van der Waals surface area contributed by atoms with Crippen LogP contribution < -0.4 is 10.6 Å². The van der Waals surface area contributed by atoms with Crippen LogP contribution in [0.3, 0.4) is 0 Å². The first-order chi connectivity index (χ1) is 18.7. The van der Waals surface area contributed by atoms with Crippen molar-refractivity contribution in [1.29, 1.82) is 0 Å². The molecule has 0 aliphatic rings. The molecular weight excluding hydrogens is 500 g/mol. The first-order valence-electron chi connectivity index (χ1n) is 14.2. The van der Waals surface area contributed by atoms with Gasteiger partial charge in [0.1, 0.15) is 6.10 Å². The molecule has 0 saturated heterocycles. The molecule has 0 aromatic heterocycles. The van der Waals surface area contributed by atoms with Gasteiger partial charge in [0, 0.05) is 5.92 Å². The Hall–Kier alpha value is -3.54. The van der Waals surface area contributed by atoms with E-state index in [1.165, 1.54) is 0 Å². The predicted octanol–water partition coefficient (Wildman–Crippen LogP) is 8.57. The number of ether oxygens (including phenoxy) is 2. The van der Waals surface area contributed by atoms with Crippen LogP contribution in [-0.2, 0) is 20.6 Å². The minimum absolute atomic E-state index is 0.135. The lowest BCUT2D eigenvalue weighted by Gasteiger charge is -2.31. The molecule has 0 aliphatic heterocycles. The minimum atomic E-state index is -0.647. The summed E-state index contributed by atoms with van der Waals surface area (Å²) in [7, 11) is 0. The maximum absolute atomic E-state index is 13.0. The Morgan fingerprint density at radius 2 is 1.40 bits per heavy atom. The number of carbonyl (C=O) groups excluding carboxylic acids is 2. The third-order valence-corrected chi connectivity index (χ3v) is 7.32. The molecule has 2 unspecified atom stereocenters. The van der Waals surface area contributed by atoms with Crippen molar-refractivity contribution in [2.75, 3.05) is 6.61 Å². The van der Waals surface area contributed by atoms with E-state index in [0.717, 1.165) is 39.8 Å². The molecule has 2 atom stereocenters. The van der Waals surface area contributed by atoms with Crippen molar-refractivity contribution in [1.82, 2.24) is 10.6 Å². The van der Waals surface area contributed by atoms with E-state index >= 15 is 0 Å². The monoisotopic (exact) mass is 548 g/mol. The lowest BCUT2D eigenvalue weighted by Crippen LogP contribution is -2.44. The van der Waals surface area contributed by atoms with Gasteiger partial charge in [-0.15, -0.1) is 0 Å². The summed E-state index contributed by atoms with van der Waals surface area (Å²) in [4.78, 5) is 25.8. The molecule has 0 bridgehead atoms. The number of benzene rings is 2. The number of allylic oxidation sites excluding steroid dienone is 2. The first kappa shape index (κ1) is 32.7. The molecule has 6 heteroatoms. The summed E-state index contributed by atoms with van der Waals surface area (Å²) >= 11 is 0. The van der Waals surface area contributed by atoms with Gasteiger partial charge in [-0.3, -0.25) is 0 Å². The van der Waals surface area contributed by atoms with Crippen LogP contribution in [0.2, 0.25) is 0 Å². The van der Waals surface area contributed by atoms with Crippen LogP contribution in [0.15, 0.2) is 61.7 Å². The zero-order chi connectivity index (χ0) is 30.1. The van der Waals surface area contributed by atoms with Crippen LogP contribution in [-0.4, -0.2) is 24.9 Å². The van der Waals surface area contributed by atoms with Gasteiger partial charge in [0.15, 0.2) is 0 Å². The normalized spacial score (nSPS) is 13.1. The minimum Gasteiger partial charge on any atom is -0.449 e. The third kappa shape index (κ3) is 9.29. The highest BCUT2D eigenvalue weighted by atomic mass is 16.6. The Morgan fingerprint density at radius 1 is 0.825 bits per heavy atom. The maximum Gasteiger partial charge on any atom is 0.408 e. The molecule has 0 spiro atoms. The highest BCUT2D eigenvalue weighted by Gasteiger charge is 2.30. The summed E-state index contributed by atoms with van der Waals surface area (Å²) in [5.41, 5.74) is 4.68. The number of nitrogens with one attached hydrogen (secondary N) is 2. The largest absolute Gasteiger partial charge is 0.449 e. The summed E-state index contributed by atoms with van der Waals surface area (Å²) in [5.74, 6) is -0.135. The average molecular weight is 549 g/mol. The van der Waals surface area contributed by atoms with Gasteiger partial charge in [-0.2, -0.15) is 0 Å². The van der Waals surface area contributed by atoms with E-state index in [2.05, 4.69) is 23.8 Å². The summed E-state index contributed by atoms with van der Waals surface area (Å²) < 4.78 is 11.6. The molecule has 6 nitrogen and oxygen atoms in total. The first-order valence-corrected chi connectivity index (χ1v) is 14.2. The second-order valence-corrected chi connectivity index (χ2v) is 11.7. The molecule has 0 saturated carbocycles. The van der Waals surface area contributed by atoms with Gasteiger partial charge in [-0.1, -0.05) is 87.0 Å². The molecule has 0 fully saturated rings. The van der Waals surface area contributed by atoms with Crippen molar-refractivity contribution in [3.05, 3.63) is 83.9 Å². The SMILES string of the molecule is C=C(C)c1ccc(C(C)(C)NC(=O)OCC(CC)C(CCC)OC(=O)NC(C)(C)c2cccc(C(=C)C)c2)cc1. The van der Waals surface area contributed by atoms with E-state index in [1.54, 1.807) is 0 Å². The molecular formula is C34H48N2O4. The molecule has 0 aliphatic carbocycles. The Labute approximate surface area is 241 Å². The number of rotatable bonds is 13. The molecule has 2 aromatic carbocycles. The summed E-state index contributed by atoms with van der Waals surface area (Å²) in [6.45, 7) is 23.9. The summed E-state index contributed by atoms with van der Waals surface area (Å²) in [5, 5.41) is 5.98. The third-order valence-electron chi connectivity index (χ3n) is 7.32. The van der Waals surface area contributed by atoms with Gasteiger partial charge in [-0.25, -0.2) is 9.59 Å². The Bertz CT molecular complexity index is 1180. The van der Waals surface area contributed by atoms with E-state index in [1.807, 2.05) is 104 Å². The highest BCUT2D eigenvalue weighted by Crippen LogP contribution is 2.26. The van der Waals surface area contributed by atoms with Crippen LogP contribution in [0.1, 0.15) is 96.9 Å². The van der Waals surface area contributed by atoms with Gasteiger partial charge in [-0.05, 0) is 82.7 Å². The van der Waals surface area contributed by atoms with Crippen molar-refractivity contribution < 1.29 is 19.1 Å². The van der Waals surface area contributed by atoms with Gasteiger partial charge in [0.2, 0.25) is 0 Å². The number of hydrogen-bond acceptors (Lipinski definition) is 4. The Balaban J connectivity index is 2.02. The predicted molar refractivity (Wildman–Crippen MR) is 165 cm³/mol. The van der Waals surface area contributed by atoms with Crippen molar-refractivity contribution in [2.24, 2.45) is 5.92 Å². The van der Waals surface area contributed by atoms with Crippen LogP contribution in [0, 0.1) is 5.92 Å². The summed E-state index contributed by atoms with van der Waals surface area (Å²) in [6, 6.07) is 15.9. The standard InChI is InChI=1S/C34H48N2O4/c1-11-14-30(40-32(38)36-34(9,10)29-16-13-15-27(21-29)24(5)6)25(12-2)22-39-31(37)35-33(7,8)28-19-17-26(18-20-28)23(3)4/h13,15-21,25,30H,3,5,11-12,14,22H2,1-2,4,6-10H3,(H,35,37)(H,36,38). The molecule has 0 heterocycles. The topological polar surface area (TPSA) is 76.7 Å². The molecule has 2 amide bonds.